The Morgan fingerprint density at radius 1 is 0.306 bits per heavy atom. The van der Waals surface area contributed by atoms with Crippen LogP contribution < -0.4 is 0 Å². The summed E-state index contributed by atoms with van der Waals surface area (Å²) in [6.45, 7) is 0. The van der Waals surface area contributed by atoms with Crippen molar-refractivity contribution in [3.8, 4) is 45.3 Å². The number of nitrogens with zero attached hydrogens (tertiary/aromatic N) is 3. The second-order valence-corrected chi connectivity index (χ2v) is 13.4. The summed E-state index contributed by atoms with van der Waals surface area (Å²) in [7, 11) is 0. The molecular formula is C45H27N3S. The monoisotopic (exact) mass is 641 g/mol. The van der Waals surface area contributed by atoms with Gasteiger partial charge >= 0.3 is 0 Å². The molecule has 0 aliphatic heterocycles. The van der Waals surface area contributed by atoms with Crippen LogP contribution in [0.5, 0.6) is 0 Å². The van der Waals surface area contributed by atoms with Gasteiger partial charge in [-0.25, -0.2) is 15.0 Å². The predicted octanol–water partition coefficient (Wildman–Crippen LogP) is 12.4. The van der Waals surface area contributed by atoms with E-state index in [-0.39, 0.29) is 0 Å². The fraction of sp³-hybridized carbons (Fsp3) is 0. The molecule has 0 radical (unpaired) electrons. The van der Waals surface area contributed by atoms with Crippen LogP contribution in [0.25, 0.3) is 97.8 Å². The number of rotatable bonds is 4. The molecule has 4 heteroatoms. The summed E-state index contributed by atoms with van der Waals surface area (Å²) in [5, 5.41) is 9.64. The standard InChI is InChI=1S/C45H27N3S/c1-2-14-30(15-3-1)43-46-44(37-23-10-21-35-34(20-9-22-36(35)37)33-19-8-16-28-12-4-6-17-31(28)33)48-45(47-43)38-24-11-25-39-42(38)41-32-18-7-5-13-29(32)26-27-40(41)49-39/h1-27H. The van der Waals surface area contributed by atoms with Crippen LogP contribution in [-0.4, -0.2) is 15.0 Å². The van der Waals surface area contributed by atoms with Crippen LogP contribution in [0.15, 0.2) is 164 Å². The van der Waals surface area contributed by atoms with Crippen molar-refractivity contribution in [2.45, 2.75) is 0 Å². The number of thiophene rings is 1. The average molecular weight is 642 g/mol. The zero-order valence-electron chi connectivity index (χ0n) is 26.3. The fourth-order valence-electron chi connectivity index (χ4n) is 7.31. The summed E-state index contributed by atoms with van der Waals surface area (Å²) in [4.78, 5) is 15.6. The van der Waals surface area contributed by atoms with E-state index < -0.39 is 0 Å². The van der Waals surface area contributed by atoms with Gasteiger partial charge in [0.05, 0.1) is 0 Å². The molecule has 8 aromatic carbocycles. The highest BCUT2D eigenvalue weighted by Gasteiger charge is 2.19. The topological polar surface area (TPSA) is 38.7 Å². The van der Waals surface area contributed by atoms with Gasteiger partial charge in [-0.2, -0.15) is 0 Å². The van der Waals surface area contributed by atoms with Crippen molar-refractivity contribution in [3.05, 3.63) is 164 Å². The molecular weight excluding hydrogens is 615 g/mol. The van der Waals surface area contributed by atoms with Gasteiger partial charge in [0, 0.05) is 36.9 Å². The highest BCUT2D eigenvalue weighted by Crippen LogP contribution is 2.43. The fourth-order valence-corrected chi connectivity index (χ4v) is 8.45. The minimum atomic E-state index is 0.657. The van der Waals surface area contributed by atoms with Gasteiger partial charge in [0.2, 0.25) is 0 Å². The van der Waals surface area contributed by atoms with Crippen LogP contribution in [0.2, 0.25) is 0 Å². The predicted molar refractivity (Wildman–Crippen MR) is 207 cm³/mol. The molecule has 2 aromatic heterocycles. The molecule has 0 saturated heterocycles. The Balaban J connectivity index is 1.25. The first-order valence-corrected chi connectivity index (χ1v) is 17.3. The number of hydrogen-bond donors (Lipinski definition) is 0. The highest BCUT2D eigenvalue weighted by molar-refractivity contribution is 7.26. The summed E-state index contributed by atoms with van der Waals surface area (Å²) in [6.07, 6.45) is 0. The second kappa shape index (κ2) is 11.2. The first-order chi connectivity index (χ1) is 24.3. The second-order valence-electron chi connectivity index (χ2n) is 12.3. The summed E-state index contributed by atoms with van der Waals surface area (Å²) >= 11 is 1.82. The van der Waals surface area contributed by atoms with Crippen molar-refractivity contribution < 1.29 is 0 Å². The third kappa shape index (κ3) is 4.53. The molecule has 3 nitrogen and oxygen atoms in total. The Morgan fingerprint density at radius 2 is 0.816 bits per heavy atom. The molecule has 0 fully saturated rings. The largest absolute Gasteiger partial charge is 0.208 e. The molecule has 10 aromatic rings. The van der Waals surface area contributed by atoms with E-state index in [9.17, 15) is 0 Å². The zero-order chi connectivity index (χ0) is 32.3. The van der Waals surface area contributed by atoms with Crippen LogP contribution in [0.4, 0.5) is 0 Å². The van der Waals surface area contributed by atoms with Gasteiger partial charge in [0.15, 0.2) is 17.5 Å². The van der Waals surface area contributed by atoms with Crippen LogP contribution in [0.1, 0.15) is 0 Å². The van der Waals surface area contributed by atoms with Gasteiger partial charge in [-0.1, -0.05) is 152 Å². The maximum atomic E-state index is 5.30. The molecule has 0 saturated carbocycles. The lowest BCUT2D eigenvalue weighted by atomic mass is 9.92. The molecule has 0 aliphatic rings. The first kappa shape index (κ1) is 27.8. The van der Waals surface area contributed by atoms with E-state index in [0.717, 1.165) is 27.5 Å². The van der Waals surface area contributed by atoms with E-state index in [1.54, 1.807) is 0 Å². The first-order valence-electron chi connectivity index (χ1n) is 16.5. The van der Waals surface area contributed by atoms with Crippen LogP contribution in [0, 0.1) is 0 Å². The Morgan fingerprint density at radius 3 is 1.63 bits per heavy atom. The van der Waals surface area contributed by atoms with Crippen molar-refractivity contribution >= 4 is 63.8 Å². The Kier molecular flexibility index (Phi) is 6.36. The van der Waals surface area contributed by atoms with E-state index in [1.807, 2.05) is 29.5 Å². The van der Waals surface area contributed by atoms with Crippen molar-refractivity contribution in [2.75, 3.05) is 0 Å². The van der Waals surface area contributed by atoms with Crippen molar-refractivity contribution in [3.63, 3.8) is 0 Å². The summed E-state index contributed by atoms with van der Waals surface area (Å²) in [5.41, 5.74) is 5.35. The van der Waals surface area contributed by atoms with Gasteiger partial charge in [-0.05, 0) is 55.6 Å². The van der Waals surface area contributed by atoms with E-state index in [0.29, 0.717) is 17.5 Å². The normalized spacial score (nSPS) is 11.7. The van der Waals surface area contributed by atoms with Gasteiger partial charge < -0.3 is 0 Å². The Labute approximate surface area is 286 Å². The zero-order valence-corrected chi connectivity index (χ0v) is 27.2. The molecule has 228 valence electrons. The van der Waals surface area contributed by atoms with Crippen LogP contribution in [0.3, 0.4) is 0 Å². The third-order valence-electron chi connectivity index (χ3n) is 9.54. The minimum Gasteiger partial charge on any atom is -0.208 e. The van der Waals surface area contributed by atoms with Crippen LogP contribution >= 0.6 is 11.3 Å². The van der Waals surface area contributed by atoms with Gasteiger partial charge in [0.1, 0.15) is 0 Å². The molecule has 0 atom stereocenters. The Bertz CT molecular complexity index is 2890. The molecule has 49 heavy (non-hydrogen) atoms. The van der Waals surface area contributed by atoms with E-state index in [1.165, 1.54) is 52.8 Å². The highest BCUT2D eigenvalue weighted by atomic mass is 32.1. The van der Waals surface area contributed by atoms with Gasteiger partial charge in [-0.15, -0.1) is 11.3 Å². The molecule has 2 heterocycles. The smallest absolute Gasteiger partial charge is 0.164 e. The van der Waals surface area contributed by atoms with Gasteiger partial charge in [-0.3, -0.25) is 0 Å². The maximum Gasteiger partial charge on any atom is 0.164 e. The lowest BCUT2D eigenvalue weighted by molar-refractivity contribution is 1.08. The molecule has 0 aliphatic carbocycles. The maximum absolute atomic E-state index is 5.30. The average Bonchev–Trinajstić information content (AvgIpc) is 3.57. The summed E-state index contributed by atoms with van der Waals surface area (Å²) in [6, 6.07) is 57.9. The summed E-state index contributed by atoms with van der Waals surface area (Å²) in [5.74, 6) is 1.99. The van der Waals surface area contributed by atoms with Crippen molar-refractivity contribution in [1.82, 2.24) is 15.0 Å². The third-order valence-corrected chi connectivity index (χ3v) is 10.7. The number of fused-ring (bicyclic) bond motifs is 7. The van der Waals surface area contributed by atoms with E-state index in [4.69, 9.17) is 15.0 Å². The number of hydrogen-bond acceptors (Lipinski definition) is 4. The molecule has 10 rings (SSSR count). The summed E-state index contributed by atoms with van der Waals surface area (Å²) < 4.78 is 2.48. The molecule has 0 unspecified atom stereocenters. The molecule has 0 spiro atoms. The van der Waals surface area contributed by atoms with Crippen LogP contribution in [-0.2, 0) is 0 Å². The van der Waals surface area contributed by atoms with Crippen molar-refractivity contribution in [2.24, 2.45) is 0 Å². The molecule has 0 amide bonds. The number of benzene rings is 8. The molecule has 0 bridgehead atoms. The SMILES string of the molecule is c1ccc(-c2nc(-c3cccc4c(-c5cccc6ccccc56)cccc34)nc(-c3cccc4sc5ccc6ccccc6c5c34)n2)cc1. The van der Waals surface area contributed by atoms with Crippen molar-refractivity contribution in [1.29, 1.82) is 0 Å². The molecule has 0 N–H and O–H groups in total. The van der Waals surface area contributed by atoms with Gasteiger partial charge in [0.25, 0.3) is 0 Å². The van der Waals surface area contributed by atoms with E-state index >= 15 is 0 Å². The number of aromatic nitrogens is 3. The van der Waals surface area contributed by atoms with E-state index in [2.05, 4.69) is 146 Å². The minimum absolute atomic E-state index is 0.657. The Hall–Kier alpha value is -6.23. The lowest BCUT2D eigenvalue weighted by Crippen LogP contribution is -2.01. The quantitative estimate of drug-likeness (QED) is 0.192. The lowest BCUT2D eigenvalue weighted by Gasteiger charge is -2.14.